The Kier molecular flexibility index (Phi) is 2.76. The molecule has 1 fully saturated rings. The summed E-state index contributed by atoms with van der Waals surface area (Å²) in [5, 5.41) is 4.78. The highest BCUT2D eigenvalue weighted by atomic mass is 35.5. The number of rotatable bonds is 1. The Balaban J connectivity index is 1.94. The minimum Gasteiger partial charge on any atom is -0.306 e. The van der Waals surface area contributed by atoms with Crippen LogP contribution in [0.25, 0.3) is 5.65 Å². The summed E-state index contributed by atoms with van der Waals surface area (Å²) in [6.45, 7) is 2.27. The number of nitrogens with zero attached hydrogens (tertiary/aromatic N) is 4. The van der Waals surface area contributed by atoms with E-state index in [0.717, 1.165) is 37.3 Å². The molecule has 3 heterocycles. The van der Waals surface area contributed by atoms with Crippen molar-refractivity contribution < 1.29 is 0 Å². The topological polar surface area (TPSA) is 33.4 Å². The zero-order chi connectivity index (χ0) is 11.8. The second-order valence-electron chi connectivity index (χ2n) is 4.68. The highest BCUT2D eigenvalue weighted by Crippen LogP contribution is 2.28. The van der Waals surface area contributed by atoms with Crippen molar-refractivity contribution in [3.63, 3.8) is 0 Å². The minimum absolute atomic E-state index is 0.531. The summed E-state index contributed by atoms with van der Waals surface area (Å²) in [6, 6.07) is 3.85. The summed E-state index contributed by atoms with van der Waals surface area (Å²) < 4.78 is 1.67. The van der Waals surface area contributed by atoms with Crippen molar-refractivity contribution in [2.75, 3.05) is 20.1 Å². The molecular formula is C12H15ClN4. The molecule has 0 aromatic carbocycles. The van der Waals surface area contributed by atoms with Gasteiger partial charge in [0.2, 0.25) is 0 Å². The van der Waals surface area contributed by atoms with Crippen LogP contribution in [-0.2, 0) is 0 Å². The SMILES string of the molecule is CN1CCC(c2cc(Cl)n3nccc3n2)CC1. The molecule has 0 bridgehead atoms. The predicted molar refractivity (Wildman–Crippen MR) is 67.5 cm³/mol. The molecule has 0 N–H and O–H groups in total. The fourth-order valence-corrected chi connectivity index (χ4v) is 2.65. The van der Waals surface area contributed by atoms with Crippen molar-refractivity contribution in [1.29, 1.82) is 0 Å². The number of aromatic nitrogens is 3. The highest BCUT2D eigenvalue weighted by Gasteiger charge is 2.20. The van der Waals surface area contributed by atoms with E-state index in [1.165, 1.54) is 0 Å². The van der Waals surface area contributed by atoms with E-state index in [1.807, 2.05) is 12.1 Å². The van der Waals surface area contributed by atoms with Gasteiger partial charge < -0.3 is 4.90 Å². The maximum atomic E-state index is 6.20. The molecule has 3 rings (SSSR count). The molecule has 4 nitrogen and oxygen atoms in total. The summed E-state index contributed by atoms with van der Waals surface area (Å²) >= 11 is 6.20. The molecule has 1 aliphatic rings. The van der Waals surface area contributed by atoms with Crippen molar-refractivity contribution in [2.24, 2.45) is 0 Å². The van der Waals surface area contributed by atoms with Gasteiger partial charge in [-0.2, -0.15) is 5.10 Å². The van der Waals surface area contributed by atoms with Gasteiger partial charge in [-0.3, -0.25) is 0 Å². The van der Waals surface area contributed by atoms with E-state index in [9.17, 15) is 0 Å². The lowest BCUT2D eigenvalue weighted by Crippen LogP contribution is -2.29. The Morgan fingerprint density at radius 1 is 1.35 bits per heavy atom. The lowest BCUT2D eigenvalue weighted by atomic mass is 9.94. The molecule has 17 heavy (non-hydrogen) atoms. The number of likely N-dealkylation sites (tertiary alicyclic amines) is 1. The Morgan fingerprint density at radius 3 is 2.88 bits per heavy atom. The third kappa shape index (κ3) is 2.03. The monoisotopic (exact) mass is 250 g/mol. The van der Waals surface area contributed by atoms with Crippen LogP contribution in [0.2, 0.25) is 5.15 Å². The van der Waals surface area contributed by atoms with E-state index in [2.05, 4.69) is 22.0 Å². The van der Waals surface area contributed by atoms with Crippen molar-refractivity contribution in [1.82, 2.24) is 19.5 Å². The molecule has 0 atom stereocenters. The van der Waals surface area contributed by atoms with Crippen molar-refractivity contribution in [3.05, 3.63) is 29.2 Å². The normalized spacial score (nSPS) is 18.9. The summed E-state index contributed by atoms with van der Waals surface area (Å²) in [6.07, 6.45) is 4.04. The van der Waals surface area contributed by atoms with Gasteiger partial charge >= 0.3 is 0 Å². The Labute approximate surface area is 105 Å². The first-order valence-corrected chi connectivity index (χ1v) is 6.30. The van der Waals surface area contributed by atoms with Crippen LogP contribution < -0.4 is 0 Å². The van der Waals surface area contributed by atoms with Crippen LogP contribution in [0.5, 0.6) is 0 Å². The first-order valence-electron chi connectivity index (χ1n) is 5.93. The van der Waals surface area contributed by atoms with E-state index in [-0.39, 0.29) is 0 Å². The molecule has 0 spiro atoms. The third-order valence-corrected chi connectivity index (χ3v) is 3.74. The highest BCUT2D eigenvalue weighted by molar-refractivity contribution is 6.29. The number of hydrogen-bond donors (Lipinski definition) is 0. The summed E-state index contributed by atoms with van der Waals surface area (Å²) in [4.78, 5) is 7.00. The molecule has 0 unspecified atom stereocenters. The molecule has 1 saturated heterocycles. The van der Waals surface area contributed by atoms with Gasteiger partial charge in [0.25, 0.3) is 0 Å². The fraction of sp³-hybridized carbons (Fsp3) is 0.500. The largest absolute Gasteiger partial charge is 0.306 e. The smallest absolute Gasteiger partial charge is 0.156 e. The Hall–Kier alpha value is -1.13. The number of fused-ring (bicyclic) bond motifs is 1. The van der Waals surface area contributed by atoms with Crippen molar-refractivity contribution >= 4 is 17.2 Å². The first kappa shape index (κ1) is 11.0. The van der Waals surface area contributed by atoms with E-state index in [0.29, 0.717) is 11.1 Å². The number of piperidine rings is 1. The molecule has 1 aliphatic heterocycles. The molecule has 0 amide bonds. The molecule has 0 saturated carbocycles. The van der Waals surface area contributed by atoms with Crippen LogP contribution in [0.4, 0.5) is 0 Å². The number of hydrogen-bond acceptors (Lipinski definition) is 3. The van der Waals surface area contributed by atoms with Crippen LogP contribution in [-0.4, -0.2) is 39.6 Å². The maximum absolute atomic E-state index is 6.20. The molecule has 2 aromatic heterocycles. The van der Waals surface area contributed by atoms with E-state index >= 15 is 0 Å². The van der Waals surface area contributed by atoms with Gasteiger partial charge in [-0.25, -0.2) is 9.50 Å². The predicted octanol–water partition coefficient (Wildman–Crippen LogP) is 2.19. The summed E-state index contributed by atoms with van der Waals surface area (Å²) in [7, 11) is 2.16. The minimum atomic E-state index is 0.531. The average molecular weight is 251 g/mol. The Bertz CT molecular complexity index is 528. The van der Waals surface area contributed by atoms with Crippen LogP contribution >= 0.6 is 11.6 Å². The molecule has 5 heteroatoms. The van der Waals surface area contributed by atoms with Crippen LogP contribution in [0.15, 0.2) is 18.3 Å². The fourth-order valence-electron chi connectivity index (χ4n) is 2.41. The molecule has 0 aliphatic carbocycles. The van der Waals surface area contributed by atoms with Gasteiger partial charge in [-0.1, -0.05) is 11.6 Å². The summed E-state index contributed by atoms with van der Waals surface area (Å²) in [5.41, 5.74) is 1.95. The average Bonchev–Trinajstić information content (AvgIpc) is 2.78. The third-order valence-electron chi connectivity index (χ3n) is 3.47. The van der Waals surface area contributed by atoms with Gasteiger partial charge in [0.15, 0.2) is 5.65 Å². The molecule has 0 radical (unpaired) electrons. The number of halogens is 1. The zero-order valence-corrected chi connectivity index (χ0v) is 10.6. The quantitative estimate of drug-likeness (QED) is 0.728. The van der Waals surface area contributed by atoms with Crippen molar-refractivity contribution in [2.45, 2.75) is 18.8 Å². The first-order chi connectivity index (χ1) is 8.24. The van der Waals surface area contributed by atoms with Crippen LogP contribution in [0, 0.1) is 0 Å². The maximum Gasteiger partial charge on any atom is 0.156 e. The van der Waals surface area contributed by atoms with Gasteiger partial charge in [0.1, 0.15) is 5.15 Å². The zero-order valence-electron chi connectivity index (χ0n) is 9.80. The van der Waals surface area contributed by atoms with E-state index in [1.54, 1.807) is 10.7 Å². The van der Waals surface area contributed by atoms with Crippen LogP contribution in [0.3, 0.4) is 0 Å². The van der Waals surface area contributed by atoms with E-state index in [4.69, 9.17) is 11.6 Å². The summed E-state index contributed by atoms with van der Waals surface area (Å²) in [5.74, 6) is 0.531. The van der Waals surface area contributed by atoms with Crippen LogP contribution in [0.1, 0.15) is 24.5 Å². The van der Waals surface area contributed by atoms with Gasteiger partial charge in [-0.15, -0.1) is 0 Å². The van der Waals surface area contributed by atoms with Gasteiger partial charge in [-0.05, 0) is 39.0 Å². The lowest BCUT2D eigenvalue weighted by Gasteiger charge is -2.28. The van der Waals surface area contributed by atoms with Crippen molar-refractivity contribution in [3.8, 4) is 0 Å². The van der Waals surface area contributed by atoms with Gasteiger partial charge in [0.05, 0.1) is 6.20 Å². The molecule has 90 valence electrons. The second kappa shape index (κ2) is 4.27. The van der Waals surface area contributed by atoms with Gasteiger partial charge in [0, 0.05) is 17.7 Å². The molecular weight excluding hydrogens is 236 g/mol. The molecule has 2 aromatic rings. The van der Waals surface area contributed by atoms with E-state index < -0.39 is 0 Å². The second-order valence-corrected chi connectivity index (χ2v) is 5.07. The standard InChI is InChI=1S/C12H15ClN4/c1-16-6-3-9(4-7-16)10-8-11(13)17-12(15-10)2-5-14-17/h2,5,8-9H,3-4,6-7H2,1H3. The lowest BCUT2D eigenvalue weighted by molar-refractivity contribution is 0.253. The Morgan fingerprint density at radius 2 is 2.12 bits per heavy atom.